The number of furan rings is 1. The Morgan fingerprint density at radius 1 is 1.33 bits per heavy atom. The summed E-state index contributed by atoms with van der Waals surface area (Å²) in [6.07, 6.45) is 2.66. The van der Waals surface area contributed by atoms with Gasteiger partial charge < -0.3 is 19.0 Å². The first-order chi connectivity index (χ1) is 11.6. The van der Waals surface area contributed by atoms with Gasteiger partial charge in [0.05, 0.1) is 0 Å². The van der Waals surface area contributed by atoms with E-state index in [1.807, 2.05) is 19.1 Å². The molecule has 7 nitrogen and oxygen atoms in total. The fraction of sp³-hybridized carbons (Fsp3) is 0.588. The lowest BCUT2D eigenvalue weighted by atomic mass is 9.91. The summed E-state index contributed by atoms with van der Waals surface area (Å²) in [5.74, 6) is 2.92. The molecule has 0 aliphatic carbocycles. The molecule has 1 N–H and O–H groups in total. The zero-order valence-electron chi connectivity index (χ0n) is 14.1. The number of hydrogen-bond donors (Lipinski definition) is 1. The summed E-state index contributed by atoms with van der Waals surface area (Å²) in [5, 5.41) is 6.91. The van der Waals surface area contributed by atoms with Crippen LogP contribution in [0.3, 0.4) is 0 Å². The highest BCUT2D eigenvalue weighted by molar-refractivity contribution is 5.76. The number of carbonyl (C=O) groups is 1. The van der Waals surface area contributed by atoms with Crippen LogP contribution in [0.25, 0.3) is 0 Å². The number of aryl methyl sites for hydroxylation is 3. The summed E-state index contributed by atoms with van der Waals surface area (Å²) < 4.78 is 16.2. The molecule has 0 saturated carbocycles. The van der Waals surface area contributed by atoms with E-state index in [4.69, 9.17) is 13.7 Å². The number of aromatic nitrogens is 2. The van der Waals surface area contributed by atoms with Crippen LogP contribution in [0.4, 0.5) is 0 Å². The second-order valence-electron chi connectivity index (χ2n) is 6.19. The van der Waals surface area contributed by atoms with E-state index < -0.39 is 0 Å². The van der Waals surface area contributed by atoms with Crippen molar-refractivity contribution in [1.82, 2.24) is 15.5 Å². The van der Waals surface area contributed by atoms with E-state index in [1.54, 1.807) is 6.92 Å². The van der Waals surface area contributed by atoms with Crippen LogP contribution >= 0.6 is 0 Å². The average Bonchev–Trinajstić information content (AvgIpc) is 3.20. The minimum atomic E-state index is -0.263. The lowest BCUT2D eigenvalue weighted by Crippen LogP contribution is -2.36. The molecular formula is C17H23N3O4. The van der Waals surface area contributed by atoms with E-state index in [0.717, 1.165) is 24.4 Å². The van der Waals surface area contributed by atoms with Crippen molar-refractivity contribution in [3.63, 3.8) is 0 Å². The van der Waals surface area contributed by atoms with E-state index >= 15 is 0 Å². The van der Waals surface area contributed by atoms with Gasteiger partial charge in [-0.05, 0) is 44.7 Å². The van der Waals surface area contributed by atoms with Gasteiger partial charge in [0.15, 0.2) is 5.82 Å². The van der Waals surface area contributed by atoms with Crippen molar-refractivity contribution in [2.75, 3.05) is 13.2 Å². The maximum atomic E-state index is 12.4. The summed E-state index contributed by atoms with van der Waals surface area (Å²) in [7, 11) is 0. The maximum Gasteiger partial charge on any atom is 0.249 e. The Hall–Kier alpha value is -2.15. The van der Waals surface area contributed by atoms with Gasteiger partial charge in [0, 0.05) is 26.1 Å². The molecule has 2 aromatic rings. The van der Waals surface area contributed by atoms with Gasteiger partial charge in [-0.15, -0.1) is 0 Å². The van der Waals surface area contributed by atoms with Crippen molar-refractivity contribution in [2.45, 2.75) is 45.6 Å². The zero-order valence-corrected chi connectivity index (χ0v) is 14.1. The van der Waals surface area contributed by atoms with E-state index in [-0.39, 0.29) is 17.9 Å². The fourth-order valence-electron chi connectivity index (χ4n) is 2.97. The molecule has 1 amide bonds. The number of ether oxygens (including phenoxy) is 1. The minimum absolute atomic E-state index is 0.0450. The standard InChI is InChI=1S/C17H23N3O4/c1-11-3-4-14(23-11)5-6-15(21)19-16(13-7-9-22-10-8-13)17-18-12(2)20-24-17/h3-4,13,16H,5-10H2,1-2H3,(H,19,21)/t16-/m0/s1. The molecule has 1 atom stereocenters. The quantitative estimate of drug-likeness (QED) is 0.873. The zero-order chi connectivity index (χ0) is 16.9. The fourth-order valence-corrected chi connectivity index (χ4v) is 2.97. The molecule has 1 fully saturated rings. The second-order valence-corrected chi connectivity index (χ2v) is 6.19. The molecule has 3 heterocycles. The first-order valence-electron chi connectivity index (χ1n) is 8.34. The van der Waals surface area contributed by atoms with Gasteiger partial charge >= 0.3 is 0 Å². The highest BCUT2D eigenvalue weighted by atomic mass is 16.5. The van der Waals surface area contributed by atoms with Gasteiger partial charge in [0.2, 0.25) is 11.8 Å². The normalized spacial score (nSPS) is 16.9. The average molecular weight is 333 g/mol. The number of nitrogens with one attached hydrogen (secondary N) is 1. The molecule has 3 rings (SSSR count). The molecule has 0 spiro atoms. The van der Waals surface area contributed by atoms with Crippen LogP contribution in [0.1, 0.15) is 48.5 Å². The first-order valence-corrected chi connectivity index (χ1v) is 8.34. The van der Waals surface area contributed by atoms with Crippen molar-refractivity contribution in [2.24, 2.45) is 5.92 Å². The summed E-state index contributed by atoms with van der Waals surface area (Å²) in [5.41, 5.74) is 0. The Balaban J connectivity index is 1.63. The van der Waals surface area contributed by atoms with Crippen LogP contribution in [0.15, 0.2) is 21.1 Å². The highest BCUT2D eigenvalue weighted by Crippen LogP contribution is 2.29. The van der Waals surface area contributed by atoms with Crippen LogP contribution in [0, 0.1) is 19.8 Å². The monoisotopic (exact) mass is 333 g/mol. The largest absolute Gasteiger partial charge is 0.466 e. The van der Waals surface area contributed by atoms with Crippen molar-refractivity contribution < 1.29 is 18.5 Å². The Bertz CT molecular complexity index is 673. The van der Waals surface area contributed by atoms with Gasteiger partial charge in [0.1, 0.15) is 17.6 Å². The SMILES string of the molecule is Cc1noc([C@@H](NC(=O)CCc2ccc(C)o2)C2CCOCC2)n1. The predicted molar refractivity (Wildman–Crippen MR) is 85.2 cm³/mol. The molecule has 0 radical (unpaired) electrons. The Morgan fingerprint density at radius 3 is 2.75 bits per heavy atom. The summed E-state index contributed by atoms with van der Waals surface area (Å²) in [6, 6.07) is 3.54. The topological polar surface area (TPSA) is 90.4 Å². The molecule has 0 bridgehead atoms. The van der Waals surface area contributed by atoms with Gasteiger partial charge in [-0.3, -0.25) is 4.79 Å². The van der Waals surface area contributed by atoms with Crippen molar-refractivity contribution >= 4 is 5.91 Å². The third kappa shape index (κ3) is 4.23. The molecule has 0 aromatic carbocycles. The molecule has 0 unspecified atom stereocenters. The predicted octanol–water partition coefficient (Wildman–Crippen LogP) is 2.50. The summed E-state index contributed by atoms with van der Waals surface area (Å²) in [6.45, 7) is 5.05. The van der Waals surface area contributed by atoms with Gasteiger partial charge in [0.25, 0.3) is 0 Å². The van der Waals surface area contributed by atoms with E-state index in [2.05, 4.69) is 15.5 Å². The van der Waals surface area contributed by atoms with Crippen LogP contribution in [-0.4, -0.2) is 29.3 Å². The molecule has 1 aliphatic rings. The van der Waals surface area contributed by atoms with Crippen molar-refractivity contribution in [1.29, 1.82) is 0 Å². The van der Waals surface area contributed by atoms with Crippen molar-refractivity contribution in [3.05, 3.63) is 35.4 Å². The van der Waals surface area contributed by atoms with Crippen LogP contribution in [0.2, 0.25) is 0 Å². The summed E-state index contributed by atoms with van der Waals surface area (Å²) in [4.78, 5) is 16.7. The molecule has 24 heavy (non-hydrogen) atoms. The summed E-state index contributed by atoms with van der Waals surface area (Å²) >= 11 is 0. The highest BCUT2D eigenvalue weighted by Gasteiger charge is 2.31. The smallest absolute Gasteiger partial charge is 0.249 e. The molecule has 1 aliphatic heterocycles. The second kappa shape index (κ2) is 7.61. The molecule has 2 aromatic heterocycles. The third-order valence-corrected chi connectivity index (χ3v) is 4.26. The van der Waals surface area contributed by atoms with E-state index in [0.29, 0.717) is 37.8 Å². The van der Waals surface area contributed by atoms with Gasteiger partial charge in [-0.2, -0.15) is 4.98 Å². The van der Waals surface area contributed by atoms with Crippen molar-refractivity contribution in [3.8, 4) is 0 Å². The minimum Gasteiger partial charge on any atom is -0.466 e. The number of carbonyl (C=O) groups excluding carboxylic acids is 1. The van der Waals surface area contributed by atoms with E-state index in [1.165, 1.54) is 0 Å². The third-order valence-electron chi connectivity index (χ3n) is 4.26. The number of amides is 1. The van der Waals surface area contributed by atoms with Gasteiger partial charge in [-0.25, -0.2) is 0 Å². The lowest BCUT2D eigenvalue weighted by Gasteiger charge is -2.28. The van der Waals surface area contributed by atoms with Gasteiger partial charge in [-0.1, -0.05) is 5.16 Å². The molecule has 7 heteroatoms. The van der Waals surface area contributed by atoms with Crippen LogP contribution in [0.5, 0.6) is 0 Å². The molecular weight excluding hydrogens is 310 g/mol. The van der Waals surface area contributed by atoms with E-state index in [9.17, 15) is 4.79 Å². The first kappa shape index (κ1) is 16.7. The van der Waals surface area contributed by atoms with Crippen LogP contribution < -0.4 is 5.32 Å². The molecule has 130 valence electrons. The molecule has 1 saturated heterocycles. The number of hydrogen-bond acceptors (Lipinski definition) is 6. The lowest BCUT2D eigenvalue weighted by molar-refractivity contribution is -0.122. The maximum absolute atomic E-state index is 12.4. The number of rotatable bonds is 6. The number of nitrogens with zero attached hydrogens (tertiary/aromatic N) is 2. The Labute approximate surface area is 140 Å². The Morgan fingerprint density at radius 2 is 2.12 bits per heavy atom. The Kier molecular flexibility index (Phi) is 5.30. The van der Waals surface area contributed by atoms with Crippen LogP contribution in [-0.2, 0) is 16.0 Å².